The van der Waals surface area contributed by atoms with Crippen molar-refractivity contribution in [3.8, 4) is 0 Å². The lowest BCUT2D eigenvalue weighted by atomic mass is 10.1. The Morgan fingerprint density at radius 1 is 1.27 bits per heavy atom. The highest BCUT2D eigenvalue weighted by molar-refractivity contribution is 6.31. The van der Waals surface area contributed by atoms with Gasteiger partial charge >= 0.3 is 6.03 Å². The summed E-state index contributed by atoms with van der Waals surface area (Å²) < 4.78 is 0. The fourth-order valence-corrected chi connectivity index (χ4v) is 2.70. The summed E-state index contributed by atoms with van der Waals surface area (Å²) in [5.74, 6) is 0.614. The molecule has 0 aromatic heterocycles. The molecule has 1 fully saturated rings. The number of benzene rings is 1. The molecule has 1 N–H and O–H groups in total. The minimum Gasteiger partial charge on any atom is -0.368 e. The molecule has 4 nitrogen and oxygen atoms in total. The number of hydrogen-bond donors (Lipinski definition) is 1. The molecule has 0 saturated carbocycles. The highest BCUT2D eigenvalue weighted by Gasteiger charge is 2.21. The van der Waals surface area contributed by atoms with Gasteiger partial charge in [0, 0.05) is 43.4 Å². The first-order chi connectivity index (χ1) is 10.5. The molecule has 5 heteroatoms. The molecule has 1 heterocycles. The monoisotopic (exact) mass is 323 g/mol. The van der Waals surface area contributed by atoms with Crippen LogP contribution in [0, 0.1) is 12.8 Å². The van der Waals surface area contributed by atoms with Crippen LogP contribution in [0.25, 0.3) is 0 Å². The van der Waals surface area contributed by atoms with Crippen LogP contribution in [0.4, 0.5) is 10.5 Å². The third-order valence-electron chi connectivity index (χ3n) is 4.09. The number of urea groups is 1. The lowest BCUT2D eigenvalue weighted by Gasteiger charge is -2.36. The van der Waals surface area contributed by atoms with Crippen molar-refractivity contribution in [2.24, 2.45) is 5.92 Å². The molecule has 0 atom stereocenters. The molecule has 1 saturated heterocycles. The minimum absolute atomic E-state index is 0.0576. The topological polar surface area (TPSA) is 35.6 Å². The van der Waals surface area contributed by atoms with Crippen molar-refractivity contribution < 1.29 is 4.79 Å². The maximum Gasteiger partial charge on any atom is 0.317 e. The van der Waals surface area contributed by atoms with Crippen LogP contribution >= 0.6 is 11.6 Å². The molecule has 0 spiro atoms. The third kappa shape index (κ3) is 4.54. The Morgan fingerprint density at radius 2 is 1.95 bits per heavy atom. The van der Waals surface area contributed by atoms with E-state index in [-0.39, 0.29) is 6.03 Å². The first-order valence-corrected chi connectivity index (χ1v) is 8.39. The van der Waals surface area contributed by atoms with Crippen LogP contribution in [0.15, 0.2) is 18.2 Å². The van der Waals surface area contributed by atoms with Gasteiger partial charge in [0.2, 0.25) is 0 Å². The Bertz CT molecular complexity index is 511. The van der Waals surface area contributed by atoms with Crippen LogP contribution in [0.3, 0.4) is 0 Å². The summed E-state index contributed by atoms with van der Waals surface area (Å²) in [6.45, 7) is 10.3. The van der Waals surface area contributed by atoms with Gasteiger partial charge in [0.05, 0.1) is 0 Å². The van der Waals surface area contributed by atoms with Crippen molar-refractivity contribution in [3.05, 3.63) is 28.8 Å². The quantitative estimate of drug-likeness (QED) is 0.920. The maximum atomic E-state index is 12.1. The fraction of sp³-hybridized carbons (Fsp3) is 0.588. The zero-order valence-corrected chi connectivity index (χ0v) is 14.5. The summed E-state index contributed by atoms with van der Waals surface area (Å²) in [6, 6.07) is 6.21. The van der Waals surface area contributed by atoms with Crippen molar-refractivity contribution in [2.75, 3.05) is 37.6 Å². The van der Waals surface area contributed by atoms with Gasteiger partial charge in [-0.25, -0.2) is 4.79 Å². The minimum atomic E-state index is 0.0576. The van der Waals surface area contributed by atoms with Gasteiger partial charge in [-0.05, 0) is 37.0 Å². The van der Waals surface area contributed by atoms with Crippen LogP contribution in [0.1, 0.15) is 25.8 Å². The molecule has 1 aromatic carbocycles. The van der Waals surface area contributed by atoms with Gasteiger partial charge in [0.1, 0.15) is 0 Å². The second-order valence-electron chi connectivity index (χ2n) is 6.32. The van der Waals surface area contributed by atoms with E-state index in [0.717, 1.165) is 55.4 Å². The Kier molecular flexibility index (Phi) is 5.95. The number of nitrogens with zero attached hydrogens (tertiary/aromatic N) is 2. The van der Waals surface area contributed by atoms with Gasteiger partial charge < -0.3 is 15.1 Å². The molecular formula is C17H26ClN3O. The predicted molar refractivity (Wildman–Crippen MR) is 92.8 cm³/mol. The largest absolute Gasteiger partial charge is 0.368 e. The van der Waals surface area contributed by atoms with Crippen molar-refractivity contribution in [3.63, 3.8) is 0 Å². The number of halogens is 1. The Labute approximate surface area is 138 Å². The van der Waals surface area contributed by atoms with Crippen LogP contribution in [-0.2, 0) is 0 Å². The van der Waals surface area contributed by atoms with E-state index in [1.54, 1.807) is 0 Å². The van der Waals surface area contributed by atoms with E-state index in [1.807, 2.05) is 24.0 Å². The SMILES string of the molecule is Cc1ccc(N2CCN(C(=O)NCCC(C)C)CC2)cc1Cl. The number of carbonyl (C=O) groups excluding carboxylic acids is 1. The summed E-state index contributed by atoms with van der Waals surface area (Å²) in [6.07, 6.45) is 1.02. The molecule has 0 unspecified atom stereocenters. The smallest absolute Gasteiger partial charge is 0.317 e. The van der Waals surface area contributed by atoms with Crippen molar-refractivity contribution in [1.82, 2.24) is 10.2 Å². The lowest BCUT2D eigenvalue weighted by molar-refractivity contribution is 0.194. The number of carbonyl (C=O) groups is 1. The summed E-state index contributed by atoms with van der Waals surface area (Å²) >= 11 is 6.19. The maximum absolute atomic E-state index is 12.1. The summed E-state index contributed by atoms with van der Waals surface area (Å²) in [7, 11) is 0. The van der Waals surface area contributed by atoms with Crippen LogP contribution in [0.2, 0.25) is 5.02 Å². The van der Waals surface area contributed by atoms with E-state index in [9.17, 15) is 4.79 Å². The number of aryl methyl sites for hydroxylation is 1. The lowest BCUT2D eigenvalue weighted by Crippen LogP contribution is -2.52. The Morgan fingerprint density at radius 3 is 2.55 bits per heavy atom. The van der Waals surface area contributed by atoms with Gasteiger partial charge in [-0.15, -0.1) is 0 Å². The van der Waals surface area contributed by atoms with Crippen molar-refractivity contribution >= 4 is 23.3 Å². The number of anilines is 1. The standard InChI is InChI=1S/C17H26ClN3O/c1-13(2)6-7-19-17(22)21-10-8-20(9-11-21)15-5-4-14(3)16(18)12-15/h4-5,12-13H,6-11H2,1-3H3,(H,19,22). The van der Waals surface area contributed by atoms with Gasteiger partial charge in [-0.2, -0.15) is 0 Å². The second kappa shape index (κ2) is 7.73. The summed E-state index contributed by atoms with van der Waals surface area (Å²) in [4.78, 5) is 16.3. The number of nitrogens with one attached hydrogen (secondary N) is 1. The van der Waals surface area contributed by atoms with E-state index in [0.29, 0.717) is 5.92 Å². The van der Waals surface area contributed by atoms with Crippen LogP contribution in [-0.4, -0.2) is 43.7 Å². The van der Waals surface area contributed by atoms with Crippen molar-refractivity contribution in [1.29, 1.82) is 0 Å². The number of rotatable bonds is 4. The summed E-state index contributed by atoms with van der Waals surface area (Å²) in [5.41, 5.74) is 2.23. The van der Waals surface area contributed by atoms with E-state index in [1.165, 1.54) is 0 Å². The Hall–Kier alpha value is -1.42. The molecule has 2 amide bonds. The molecule has 0 bridgehead atoms. The highest BCUT2D eigenvalue weighted by atomic mass is 35.5. The van der Waals surface area contributed by atoms with Gasteiger partial charge in [0.25, 0.3) is 0 Å². The fourth-order valence-electron chi connectivity index (χ4n) is 2.53. The zero-order chi connectivity index (χ0) is 16.1. The molecule has 1 aliphatic rings. The summed E-state index contributed by atoms with van der Waals surface area (Å²) in [5, 5.41) is 3.80. The van der Waals surface area contributed by atoms with Gasteiger partial charge in [-0.1, -0.05) is 31.5 Å². The van der Waals surface area contributed by atoms with Crippen LogP contribution < -0.4 is 10.2 Å². The second-order valence-corrected chi connectivity index (χ2v) is 6.73. The average molecular weight is 324 g/mol. The first-order valence-electron chi connectivity index (χ1n) is 8.01. The molecule has 0 radical (unpaired) electrons. The molecule has 122 valence electrons. The van der Waals surface area contributed by atoms with Crippen molar-refractivity contribution in [2.45, 2.75) is 27.2 Å². The Balaban J connectivity index is 1.82. The molecule has 0 aliphatic carbocycles. The highest BCUT2D eigenvalue weighted by Crippen LogP contribution is 2.24. The van der Waals surface area contributed by atoms with E-state index < -0.39 is 0 Å². The number of amides is 2. The van der Waals surface area contributed by atoms with E-state index >= 15 is 0 Å². The molecule has 2 rings (SSSR count). The number of piperazine rings is 1. The molecular weight excluding hydrogens is 298 g/mol. The average Bonchev–Trinajstić information content (AvgIpc) is 2.50. The van der Waals surface area contributed by atoms with Gasteiger partial charge in [-0.3, -0.25) is 0 Å². The normalized spacial score (nSPS) is 15.3. The van der Waals surface area contributed by atoms with Crippen LogP contribution in [0.5, 0.6) is 0 Å². The molecule has 1 aliphatic heterocycles. The first kappa shape index (κ1) is 16.9. The molecule has 22 heavy (non-hydrogen) atoms. The number of hydrogen-bond acceptors (Lipinski definition) is 2. The predicted octanol–water partition coefficient (Wildman–Crippen LogP) is 3.53. The molecule has 1 aromatic rings. The van der Waals surface area contributed by atoms with E-state index in [2.05, 4.69) is 30.1 Å². The third-order valence-corrected chi connectivity index (χ3v) is 4.49. The van der Waals surface area contributed by atoms with E-state index in [4.69, 9.17) is 11.6 Å². The van der Waals surface area contributed by atoms with Gasteiger partial charge in [0.15, 0.2) is 0 Å². The zero-order valence-electron chi connectivity index (χ0n) is 13.7.